The number of pyridine rings is 1. The summed E-state index contributed by atoms with van der Waals surface area (Å²) >= 11 is 0. The number of hydrogen-bond acceptors (Lipinski definition) is 2. The van der Waals surface area contributed by atoms with E-state index in [2.05, 4.69) is 30.7 Å². The van der Waals surface area contributed by atoms with Gasteiger partial charge in [0.05, 0.1) is 5.56 Å². The van der Waals surface area contributed by atoms with Gasteiger partial charge in [0.2, 0.25) is 5.56 Å². The summed E-state index contributed by atoms with van der Waals surface area (Å²) in [4.78, 5) is 16.4. The number of aryl methyl sites for hydroxylation is 1. The summed E-state index contributed by atoms with van der Waals surface area (Å²) in [6, 6.07) is 4.10. The standard InChI is InChI=1S/C18H21F3N2O/c1-4-9-23-14-6-5-13-16(11(14)7-8-17(23,2)3)12(18(19,20)21)10-15(24)22-13/h5-6,10H,4,7-9H2,1-3H3,(H,22,24). The summed E-state index contributed by atoms with van der Waals surface area (Å²) in [5.41, 5.74) is 0.120. The van der Waals surface area contributed by atoms with Crippen LogP contribution < -0.4 is 10.5 Å². The summed E-state index contributed by atoms with van der Waals surface area (Å²) in [5.74, 6) is 0. The molecule has 2 heterocycles. The highest BCUT2D eigenvalue weighted by atomic mass is 19.4. The number of aromatic nitrogens is 1. The van der Waals surface area contributed by atoms with Gasteiger partial charge in [-0.05, 0) is 50.8 Å². The quantitative estimate of drug-likeness (QED) is 0.876. The second kappa shape index (κ2) is 5.53. The zero-order valence-electron chi connectivity index (χ0n) is 14.0. The number of hydrogen-bond donors (Lipinski definition) is 1. The molecule has 0 atom stereocenters. The maximum atomic E-state index is 13.5. The third kappa shape index (κ3) is 2.68. The summed E-state index contributed by atoms with van der Waals surface area (Å²) in [7, 11) is 0. The summed E-state index contributed by atoms with van der Waals surface area (Å²) < 4.78 is 40.5. The first-order chi connectivity index (χ1) is 11.1. The number of anilines is 1. The van der Waals surface area contributed by atoms with E-state index in [1.54, 1.807) is 6.07 Å². The van der Waals surface area contributed by atoms with Crippen LogP contribution in [0.25, 0.3) is 10.9 Å². The Kier molecular flexibility index (Phi) is 3.89. The molecule has 0 spiro atoms. The average Bonchev–Trinajstić information content (AvgIpc) is 2.47. The second-order valence-electron chi connectivity index (χ2n) is 6.99. The van der Waals surface area contributed by atoms with Crippen molar-refractivity contribution in [2.24, 2.45) is 0 Å². The minimum atomic E-state index is -4.55. The number of nitrogens with zero attached hydrogens (tertiary/aromatic N) is 1. The Balaban J connectivity index is 2.35. The SMILES string of the molecule is CCCN1c2ccc3[nH]c(=O)cc(C(F)(F)F)c3c2CCC1(C)C. The first-order valence-electron chi connectivity index (χ1n) is 8.19. The number of alkyl halides is 3. The van der Waals surface area contributed by atoms with Crippen molar-refractivity contribution < 1.29 is 13.2 Å². The molecule has 1 aliphatic heterocycles. The average molecular weight is 338 g/mol. The van der Waals surface area contributed by atoms with Gasteiger partial charge in [-0.25, -0.2) is 0 Å². The highest BCUT2D eigenvalue weighted by molar-refractivity contribution is 5.91. The van der Waals surface area contributed by atoms with E-state index < -0.39 is 17.3 Å². The first kappa shape index (κ1) is 16.9. The zero-order valence-corrected chi connectivity index (χ0v) is 14.0. The monoisotopic (exact) mass is 338 g/mol. The second-order valence-corrected chi connectivity index (χ2v) is 6.99. The molecule has 1 aromatic heterocycles. The van der Waals surface area contributed by atoms with Crippen molar-refractivity contribution in [1.82, 2.24) is 4.98 Å². The molecule has 6 heteroatoms. The lowest BCUT2D eigenvalue weighted by Crippen LogP contribution is -2.48. The first-order valence-corrected chi connectivity index (χ1v) is 8.19. The maximum Gasteiger partial charge on any atom is 0.417 e. The van der Waals surface area contributed by atoms with Gasteiger partial charge in [-0.15, -0.1) is 0 Å². The van der Waals surface area contributed by atoms with E-state index in [9.17, 15) is 18.0 Å². The molecule has 1 aliphatic rings. The molecule has 0 amide bonds. The number of H-pyrrole nitrogens is 1. The number of fused-ring (bicyclic) bond motifs is 3. The molecule has 0 radical (unpaired) electrons. The van der Waals surface area contributed by atoms with Gasteiger partial charge in [0.15, 0.2) is 0 Å². The van der Waals surface area contributed by atoms with Crippen molar-refractivity contribution in [2.45, 2.75) is 51.7 Å². The van der Waals surface area contributed by atoms with Crippen LogP contribution in [0.4, 0.5) is 18.9 Å². The van der Waals surface area contributed by atoms with E-state index in [0.717, 1.165) is 25.1 Å². The molecular weight excluding hydrogens is 317 g/mol. The van der Waals surface area contributed by atoms with Crippen molar-refractivity contribution in [2.75, 3.05) is 11.4 Å². The third-order valence-electron chi connectivity index (χ3n) is 4.85. The van der Waals surface area contributed by atoms with Crippen molar-refractivity contribution in [3.63, 3.8) is 0 Å². The summed E-state index contributed by atoms with van der Waals surface area (Å²) in [5, 5.41) is 0.135. The van der Waals surface area contributed by atoms with Gasteiger partial charge >= 0.3 is 6.18 Å². The van der Waals surface area contributed by atoms with E-state index >= 15 is 0 Å². The molecule has 3 nitrogen and oxygen atoms in total. The van der Waals surface area contributed by atoms with E-state index in [4.69, 9.17) is 0 Å². The van der Waals surface area contributed by atoms with Crippen LogP contribution in [0.1, 0.15) is 44.7 Å². The van der Waals surface area contributed by atoms with Crippen LogP contribution in [-0.4, -0.2) is 17.1 Å². The molecule has 130 valence electrons. The van der Waals surface area contributed by atoms with Crippen molar-refractivity contribution >= 4 is 16.6 Å². The number of nitrogens with one attached hydrogen (secondary N) is 1. The Morgan fingerprint density at radius 2 is 2.00 bits per heavy atom. The Labute approximate surface area is 138 Å². The van der Waals surface area contributed by atoms with Gasteiger partial charge in [-0.2, -0.15) is 13.2 Å². The van der Waals surface area contributed by atoms with E-state index in [-0.39, 0.29) is 16.4 Å². The molecule has 0 fully saturated rings. The number of aromatic amines is 1. The highest BCUT2D eigenvalue weighted by Gasteiger charge is 2.38. The largest absolute Gasteiger partial charge is 0.417 e. The van der Waals surface area contributed by atoms with Crippen molar-refractivity contribution in [3.05, 3.63) is 39.7 Å². The molecule has 24 heavy (non-hydrogen) atoms. The Morgan fingerprint density at radius 3 is 2.62 bits per heavy atom. The van der Waals surface area contributed by atoms with E-state index in [1.807, 2.05) is 6.07 Å². The van der Waals surface area contributed by atoms with Crippen LogP contribution in [-0.2, 0) is 12.6 Å². The minimum absolute atomic E-state index is 0.0999. The van der Waals surface area contributed by atoms with Crippen LogP contribution in [0.3, 0.4) is 0 Å². The van der Waals surface area contributed by atoms with Gasteiger partial charge in [-0.1, -0.05) is 6.92 Å². The van der Waals surface area contributed by atoms with Crippen LogP contribution >= 0.6 is 0 Å². The zero-order chi connectivity index (χ0) is 17.7. The smallest absolute Gasteiger partial charge is 0.366 e. The van der Waals surface area contributed by atoms with Gasteiger partial charge in [0.1, 0.15) is 0 Å². The molecule has 0 saturated heterocycles. The normalized spacial score (nSPS) is 17.2. The minimum Gasteiger partial charge on any atom is -0.366 e. The van der Waals surface area contributed by atoms with Crippen LogP contribution in [0.15, 0.2) is 23.0 Å². The number of benzene rings is 1. The van der Waals surface area contributed by atoms with Gasteiger partial charge in [0.25, 0.3) is 0 Å². The number of rotatable bonds is 2. The van der Waals surface area contributed by atoms with Gasteiger partial charge in [-0.3, -0.25) is 4.79 Å². The highest BCUT2D eigenvalue weighted by Crippen LogP contribution is 2.43. The fourth-order valence-electron chi connectivity index (χ4n) is 3.69. The maximum absolute atomic E-state index is 13.5. The lowest BCUT2D eigenvalue weighted by Gasteiger charge is -2.45. The molecule has 1 aromatic carbocycles. The van der Waals surface area contributed by atoms with Crippen LogP contribution in [0.5, 0.6) is 0 Å². The molecule has 1 N–H and O–H groups in total. The molecule has 3 rings (SSSR count). The van der Waals surface area contributed by atoms with E-state index in [0.29, 0.717) is 18.1 Å². The predicted molar refractivity (Wildman–Crippen MR) is 89.6 cm³/mol. The molecular formula is C18H21F3N2O. The summed E-state index contributed by atoms with van der Waals surface area (Å²) in [6.45, 7) is 7.08. The molecule has 0 bridgehead atoms. The number of halogens is 3. The fourth-order valence-corrected chi connectivity index (χ4v) is 3.69. The Morgan fingerprint density at radius 1 is 1.29 bits per heavy atom. The van der Waals surface area contributed by atoms with Crippen molar-refractivity contribution in [1.29, 1.82) is 0 Å². The predicted octanol–water partition coefficient (Wildman–Crippen LogP) is 4.49. The molecule has 0 saturated carbocycles. The third-order valence-corrected chi connectivity index (χ3v) is 4.85. The van der Waals surface area contributed by atoms with Gasteiger partial charge < -0.3 is 9.88 Å². The Bertz CT molecular complexity index is 836. The van der Waals surface area contributed by atoms with Crippen LogP contribution in [0.2, 0.25) is 0 Å². The Hall–Kier alpha value is -1.98. The van der Waals surface area contributed by atoms with Crippen LogP contribution in [0, 0.1) is 0 Å². The molecule has 2 aromatic rings. The fraction of sp³-hybridized carbons (Fsp3) is 0.500. The lowest BCUT2D eigenvalue weighted by atomic mass is 9.84. The molecule has 0 aliphatic carbocycles. The summed E-state index contributed by atoms with van der Waals surface area (Å²) in [6.07, 6.45) is -2.30. The van der Waals surface area contributed by atoms with Gasteiger partial charge in [0, 0.05) is 34.7 Å². The molecule has 0 unspecified atom stereocenters. The lowest BCUT2D eigenvalue weighted by molar-refractivity contribution is -0.136. The topological polar surface area (TPSA) is 36.1 Å². The van der Waals surface area contributed by atoms with E-state index in [1.165, 1.54) is 0 Å². The van der Waals surface area contributed by atoms with Crippen molar-refractivity contribution in [3.8, 4) is 0 Å².